The summed E-state index contributed by atoms with van der Waals surface area (Å²) in [6.07, 6.45) is 2.17. The SMILES string of the molecule is CSC(C)(C)CNC(=O)[C@H]1C[C@@H](O)CN1.Cl. The van der Waals surface area contributed by atoms with Crippen molar-refractivity contribution in [2.24, 2.45) is 0 Å². The molecule has 3 N–H and O–H groups in total. The second kappa shape index (κ2) is 6.69. The topological polar surface area (TPSA) is 61.4 Å². The van der Waals surface area contributed by atoms with E-state index in [1.165, 1.54) is 0 Å². The van der Waals surface area contributed by atoms with Crippen LogP contribution in [0.2, 0.25) is 0 Å². The van der Waals surface area contributed by atoms with Gasteiger partial charge in [0.25, 0.3) is 0 Å². The highest BCUT2D eigenvalue weighted by Crippen LogP contribution is 2.19. The number of hydrogen-bond acceptors (Lipinski definition) is 4. The highest BCUT2D eigenvalue weighted by Gasteiger charge is 2.28. The van der Waals surface area contributed by atoms with Crippen LogP contribution in [0.15, 0.2) is 0 Å². The predicted molar refractivity (Wildman–Crippen MR) is 70.3 cm³/mol. The van der Waals surface area contributed by atoms with Crippen LogP contribution in [-0.4, -0.2) is 47.3 Å². The van der Waals surface area contributed by atoms with Gasteiger partial charge in [0.05, 0.1) is 12.1 Å². The number of nitrogens with one attached hydrogen (secondary N) is 2. The molecule has 0 aromatic carbocycles. The zero-order valence-corrected chi connectivity index (χ0v) is 11.6. The van der Waals surface area contributed by atoms with Crippen LogP contribution >= 0.6 is 24.2 Å². The molecule has 1 amide bonds. The van der Waals surface area contributed by atoms with E-state index in [0.29, 0.717) is 19.5 Å². The third kappa shape index (κ3) is 4.91. The van der Waals surface area contributed by atoms with Gasteiger partial charge in [-0.3, -0.25) is 4.79 Å². The van der Waals surface area contributed by atoms with Gasteiger partial charge in [-0.25, -0.2) is 0 Å². The minimum Gasteiger partial charge on any atom is -0.392 e. The summed E-state index contributed by atoms with van der Waals surface area (Å²) in [6, 6.07) is -0.224. The summed E-state index contributed by atoms with van der Waals surface area (Å²) in [4.78, 5) is 11.7. The highest BCUT2D eigenvalue weighted by atomic mass is 35.5. The Morgan fingerprint density at radius 3 is 2.69 bits per heavy atom. The summed E-state index contributed by atoms with van der Waals surface area (Å²) < 4.78 is 0.0624. The molecule has 1 saturated heterocycles. The molecule has 0 aromatic heterocycles. The first-order chi connectivity index (χ1) is 6.94. The Morgan fingerprint density at radius 1 is 1.62 bits per heavy atom. The molecule has 96 valence electrons. The van der Waals surface area contributed by atoms with Gasteiger partial charge >= 0.3 is 0 Å². The predicted octanol–water partition coefficient (Wildman–Crippen LogP) is 0.389. The highest BCUT2D eigenvalue weighted by molar-refractivity contribution is 7.99. The molecule has 6 heteroatoms. The molecule has 4 nitrogen and oxygen atoms in total. The third-order valence-electron chi connectivity index (χ3n) is 2.67. The van der Waals surface area contributed by atoms with Crippen LogP contribution in [0.25, 0.3) is 0 Å². The average Bonchev–Trinajstić information content (AvgIpc) is 2.61. The molecule has 16 heavy (non-hydrogen) atoms. The van der Waals surface area contributed by atoms with E-state index < -0.39 is 0 Å². The first-order valence-electron chi connectivity index (χ1n) is 5.19. The lowest BCUT2D eigenvalue weighted by Crippen LogP contribution is -2.44. The Hall–Kier alpha value is 0.0300. The number of β-amino-alcohol motifs (C(OH)–C–C–N with tert-alkyl or cyclic N) is 1. The van der Waals surface area contributed by atoms with E-state index in [1.807, 2.05) is 6.26 Å². The number of halogens is 1. The van der Waals surface area contributed by atoms with Crippen LogP contribution in [0.5, 0.6) is 0 Å². The molecular weight excluding hydrogens is 248 g/mol. The van der Waals surface area contributed by atoms with E-state index in [-0.39, 0.29) is 35.2 Å². The Bertz CT molecular complexity index is 239. The van der Waals surface area contributed by atoms with Gasteiger partial charge < -0.3 is 15.7 Å². The fourth-order valence-electron chi connectivity index (χ4n) is 1.41. The Morgan fingerprint density at radius 2 is 2.25 bits per heavy atom. The molecule has 0 bridgehead atoms. The second-order valence-corrected chi connectivity index (χ2v) is 6.05. The van der Waals surface area contributed by atoms with Gasteiger partial charge in [-0.15, -0.1) is 12.4 Å². The number of thioether (sulfide) groups is 1. The number of carbonyl (C=O) groups is 1. The van der Waals surface area contributed by atoms with E-state index in [4.69, 9.17) is 0 Å². The maximum Gasteiger partial charge on any atom is 0.237 e. The van der Waals surface area contributed by atoms with E-state index in [0.717, 1.165) is 0 Å². The lowest BCUT2D eigenvalue weighted by Gasteiger charge is -2.23. The van der Waals surface area contributed by atoms with Crippen molar-refractivity contribution in [1.82, 2.24) is 10.6 Å². The van der Waals surface area contributed by atoms with Crippen LogP contribution in [0.3, 0.4) is 0 Å². The van der Waals surface area contributed by atoms with Gasteiger partial charge in [-0.1, -0.05) is 0 Å². The van der Waals surface area contributed by atoms with Crippen LogP contribution in [-0.2, 0) is 4.79 Å². The molecule has 1 heterocycles. The number of rotatable bonds is 4. The van der Waals surface area contributed by atoms with Crippen molar-refractivity contribution >= 4 is 30.1 Å². The smallest absolute Gasteiger partial charge is 0.237 e. The number of amides is 1. The Balaban J connectivity index is 0.00000225. The quantitative estimate of drug-likeness (QED) is 0.690. The van der Waals surface area contributed by atoms with E-state index >= 15 is 0 Å². The monoisotopic (exact) mass is 268 g/mol. The van der Waals surface area contributed by atoms with Crippen LogP contribution in [0, 0.1) is 0 Å². The fraction of sp³-hybridized carbons (Fsp3) is 0.900. The first-order valence-corrected chi connectivity index (χ1v) is 6.41. The Labute approximate surface area is 107 Å². The van der Waals surface area contributed by atoms with Crippen LogP contribution in [0.4, 0.5) is 0 Å². The third-order valence-corrected chi connectivity index (χ3v) is 3.91. The fourth-order valence-corrected chi connectivity index (χ4v) is 1.63. The normalized spacial score (nSPS) is 25.0. The van der Waals surface area contributed by atoms with E-state index in [9.17, 15) is 9.90 Å². The molecule has 2 atom stereocenters. The summed E-state index contributed by atoms with van der Waals surface area (Å²) in [6.45, 7) is 5.36. The molecule has 0 aromatic rings. The summed E-state index contributed by atoms with van der Waals surface area (Å²) in [5.41, 5.74) is 0. The zero-order valence-electron chi connectivity index (χ0n) is 9.95. The Kier molecular flexibility index (Phi) is 6.70. The van der Waals surface area contributed by atoms with Gasteiger partial charge in [-0.05, 0) is 26.5 Å². The van der Waals surface area contributed by atoms with E-state index in [2.05, 4.69) is 24.5 Å². The average molecular weight is 269 g/mol. The maximum absolute atomic E-state index is 11.7. The van der Waals surface area contributed by atoms with Crippen molar-refractivity contribution in [3.8, 4) is 0 Å². The molecule has 0 radical (unpaired) electrons. The number of aliphatic hydroxyl groups is 1. The maximum atomic E-state index is 11.7. The first kappa shape index (κ1) is 16.0. The zero-order chi connectivity index (χ0) is 11.5. The number of carbonyl (C=O) groups excluding carboxylic acids is 1. The van der Waals surface area contributed by atoms with Crippen molar-refractivity contribution < 1.29 is 9.90 Å². The van der Waals surface area contributed by atoms with Gasteiger partial charge in [0.15, 0.2) is 0 Å². The summed E-state index contributed by atoms with van der Waals surface area (Å²) in [7, 11) is 0. The second-order valence-electron chi connectivity index (χ2n) is 4.53. The lowest BCUT2D eigenvalue weighted by molar-refractivity contribution is -0.123. The standard InChI is InChI=1S/C10H20N2O2S.ClH/c1-10(2,15-3)6-12-9(14)8-4-7(13)5-11-8;/h7-8,11,13H,4-6H2,1-3H3,(H,12,14);1H/t7-,8-;/m1./s1. The van der Waals surface area contributed by atoms with Gasteiger partial charge in [-0.2, -0.15) is 11.8 Å². The number of hydrogen-bond donors (Lipinski definition) is 3. The number of aliphatic hydroxyl groups excluding tert-OH is 1. The van der Waals surface area contributed by atoms with Gasteiger partial charge in [0.1, 0.15) is 0 Å². The minimum absolute atomic E-state index is 0. The molecular formula is C10H21ClN2O2S. The van der Waals surface area contributed by atoms with Crippen molar-refractivity contribution in [2.75, 3.05) is 19.3 Å². The van der Waals surface area contributed by atoms with E-state index in [1.54, 1.807) is 11.8 Å². The molecule has 1 fully saturated rings. The van der Waals surface area contributed by atoms with Crippen molar-refractivity contribution in [1.29, 1.82) is 0 Å². The van der Waals surface area contributed by atoms with Crippen molar-refractivity contribution in [3.05, 3.63) is 0 Å². The molecule has 0 saturated carbocycles. The van der Waals surface area contributed by atoms with Gasteiger partial charge in [0.2, 0.25) is 5.91 Å². The molecule has 0 unspecified atom stereocenters. The molecule has 0 aliphatic carbocycles. The summed E-state index contributed by atoms with van der Waals surface area (Å²) in [5, 5.41) is 15.2. The van der Waals surface area contributed by atoms with Crippen LogP contribution in [0.1, 0.15) is 20.3 Å². The van der Waals surface area contributed by atoms with Crippen molar-refractivity contribution in [3.63, 3.8) is 0 Å². The van der Waals surface area contributed by atoms with Crippen LogP contribution < -0.4 is 10.6 Å². The molecule has 1 rings (SSSR count). The van der Waals surface area contributed by atoms with Gasteiger partial charge in [0, 0.05) is 17.8 Å². The summed E-state index contributed by atoms with van der Waals surface area (Å²) in [5.74, 6) is -0.00586. The van der Waals surface area contributed by atoms with Crippen molar-refractivity contribution in [2.45, 2.75) is 37.2 Å². The molecule has 1 aliphatic heterocycles. The molecule has 0 spiro atoms. The summed E-state index contributed by atoms with van der Waals surface area (Å²) >= 11 is 1.73. The largest absolute Gasteiger partial charge is 0.392 e. The minimum atomic E-state index is -0.380. The lowest BCUT2D eigenvalue weighted by atomic mass is 10.1. The molecule has 1 aliphatic rings.